The van der Waals surface area contributed by atoms with Gasteiger partial charge < -0.3 is 5.11 Å². The number of phenolic OH excluding ortho intramolecular Hbond substituents is 1. The van der Waals surface area contributed by atoms with E-state index in [0.717, 1.165) is 12.0 Å². The number of phenols is 1. The van der Waals surface area contributed by atoms with Crippen LogP contribution in [0.25, 0.3) is 0 Å². The summed E-state index contributed by atoms with van der Waals surface area (Å²) in [6, 6.07) is 7.23. The van der Waals surface area contributed by atoms with E-state index in [0.29, 0.717) is 5.75 Å². The highest BCUT2D eigenvalue weighted by atomic mass is 32.2. The SMILES string of the molecule is CC(=O)SC(C)Cc1ccccc1O. The summed E-state index contributed by atoms with van der Waals surface area (Å²) in [5.74, 6) is 0.309. The summed E-state index contributed by atoms with van der Waals surface area (Å²) in [4.78, 5) is 10.8. The number of hydrogen-bond donors (Lipinski definition) is 1. The van der Waals surface area contributed by atoms with Crippen LogP contribution in [0, 0.1) is 0 Å². The zero-order chi connectivity index (χ0) is 10.6. The molecule has 3 heteroatoms. The highest BCUT2D eigenvalue weighted by Crippen LogP contribution is 2.22. The second-order valence-electron chi connectivity index (χ2n) is 3.25. The summed E-state index contributed by atoms with van der Waals surface area (Å²) in [6.07, 6.45) is 0.719. The third kappa shape index (κ3) is 3.42. The zero-order valence-corrected chi connectivity index (χ0v) is 9.17. The first-order valence-corrected chi connectivity index (χ1v) is 5.41. The maximum Gasteiger partial charge on any atom is 0.186 e. The lowest BCUT2D eigenvalue weighted by atomic mass is 10.1. The van der Waals surface area contributed by atoms with Crippen molar-refractivity contribution in [1.82, 2.24) is 0 Å². The van der Waals surface area contributed by atoms with Crippen molar-refractivity contribution < 1.29 is 9.90 Å². The van der Waals surface area contributed by atoms with Crippen molar-refractivity contribution in [2.24, 2.45) is 0 Å². The predicted octanol–water partition coefficient (Wildman–Crippen LogP) is 2.60. The van der Waals surface area contributed by atoms with Gasteiger partial charge in [-0.25, -0.2) is 0 Å². The molecule has 14 heavy (non-hydrogen) atoms. The van der Waals surface area contributed by atoms with Gasteiger partial charge >= 0.3 is 0 Å². The Balaban J connectivity index is 2.60. The summed E-state index contributed by atoms with van der Waals surface area (Å²) in [5.41, 5.74) is 0.897. The van der Waals surface area contributed by atoms with Gasteiger partial charge in [0.25, 0.3) is 0 Å². The normalized spacial score (nSPS) is 12.4. The van der Waals surface area contributed by atoms with Gasteiger partial charge in [-0.15, -0.1) is 0 Å². The molecule has 1 atom stereocenters. The Bertz CT molecular complexity index is 323. The molecule has 0 saturated heterocycles. The molecule has 0 fully saturated rings. The van der Waals surface area contributed by atoms with Crippen LogP contribution >= 0.6 is 11.8 Å². The van der Waals surface area contributed by atoms with Crippen molar-refractivity contribution in [3.05, 3.63) is 29.8 Å². The molecular weight excluding hydrogens is 196 g/mol. The summed E-state index contributed by atoms with van der Waals surface area (Å²) >= 11 is 1.31. The minimum absolute atomic E-state index is 0.118. The molecule has 0 heterocycles. The van der Waals surface area contributed by atoms with Crippen LogP contribution in [0.4, 0.5) is 0 Å². The van der Waals surface area contributed by atoms with E-state index in [1.54, 1.807) is 19.1 Å². The van der Waals surface area contributed by atoms with Crippen LogP contribution in [0.2, 0.25) is 0 Å². The molecule has 0 saturated carbocycles. The summed E-state index contributed by atoms with van der Waals surface area (Å²) in [5, 5.41) is 9.83. The number of rotatable bonds is 3. The first kappa shape index (κ1) is 11.1. The molecule has 0 bridgehead atoms. The molecule has 76 valence electrons. The maximum absolute atomic E-state index is 10.8. The maximum atomic E-state index is 10.8. The fourth-order valence-corrected chi connectivity index (χ4v) is 2.15. The number of carbonyl (C=O) groups excluding carboxylic acids is 1. The lowest BCUT2D eigenvalue weighted by Crippen LogP contribution is -2.04. The third-order valence-electron chi connectivity index (χ3n) is 1.87. The lowest BCUT2D eigenvalue weighted by Gasteiger charge is -2.09. The fourth-order valence-electron chi connectivity index (χ4n) is 1.32. The molecule has 0 spiro atoms. The molecule has 1 N–H and O–H groups in total. The molecule has 0 aliphatic heterocycles. The standard InChI is InChI=1S/C11H14O2S/c1-8(14-9(2)12)7-10-5-3-4-6-11(10)13/h3-6,8,13H,7H2,1-2H3. The Labute approximate surface area is 88.3 Å². The monoisotopic (exact) mass is 210 g/mol. The van der Waals surface area contributed by atoms with Crippen LogP contribution in [0.1, 0.15) is 19.4 Å². The minimum atomic E-state index is 0.118. The summed E-state index contributed by atoms with van der Waals surface area (Å²) < 4.78 is 0. The predicted molar refractivity (Wildman–Crippen MR) is 59.5 cm³/mol. The van der Waals surface area contributed by atoms with Crippen LogP contribution < -0.4 is 0 Å². The second kappa shape index (κ2) is 5.05. The van der Waals surface area contributed by atoms with Gasteiger partial charge in [0.1, 0.15) is 5.75 Å². The largest absolute Gasteiger partial charge is 0.508 e. The number of para-hydroxylation sites is 1. The molecule has 0 aliphatic rings. The van der Waals surface area contributed by atoms with Crippen molar-refractivity contribution in [1.29, 1.82) is 0 Å². The number of aromatic hydroxyl groups is 1. The van der Waals surface area contributed by atoms with E-state index in [1.165, 1.54) is 11.8 Å². The Kier molecular flexibility index (Phi) is 4.01. The van der Waals surface area contributed by atoms with Gasteiger partial charge in [0, 0.05) is 12.2 Å². The van der Waals surface area contributed by atoms with E-state index in [2.05, 4.69) is 0 Å². The Morgan fingerprint density at radius 2 is 2.14 bits per heavy atom. The quantitative estimate of drug-likeness (QED) is 0.833. The molecule has 1 rings (SSSR count). The first-order chi connectivity index (χ1) is 6.59. The van der Waals surface area contributed by atoms with E-state index in [9.17, 15) is 9.90 Å². The molecule has 1 unspecified atom stereocenters. The van der Waals surface area contributed by atoms with Crippen molar-refractivity contribution in [2.45, 2.75) is 25.5 Å². The number of carbonyl (C=O) groups is 1. The van der Waals surface area contributed by atoms with Gasteiger partial charge in [-0.2, -0.15) is 0 Å². The van der Waals surface area contributed by atoms with Gasteiger partial charge in [0.2, 0.25) is 0 Å². The second-order valence-corrected chi connectivity index (χ2v) is 4.87. The van der Waals surface area contributed by atoms with Gasteiger partial charge in [-0.3, -0.25) is 4.79 Å². The highest BCUT2D eigenvalue weighted by Gasteiger charge is 2.09. The zero-order valence-electron chi connectivity index (χ0n) is 8.36. The molecule has 0 radical (unpaired) electrons. The summed E-state index contributed by atoms with van der Waals surface area (Å²) in [7, 11) is 0. The Morgan fingerprint density at radius 1 is 1.50 bits per heavy atom. The molecule has 0 amide bonds. The Hall–Kier alpha value is -0.960. The molecule has 1 aromatic rings. The minimum Gasteiger partial charge on any atom is -0.508 e. The van der Waals surface area contributed by atoms with Crippen LogP contribution in [0.5, 0.6) is 5.75 Å². The molecule has 0 aliphatic carbocycles. The van der Waals surface area contributed by atoms with Gasteiger partial charge in [-0.1, -0.05) is 36.9 Å². The molecule has 1 aromatic carbocycles. The smallest absolute Gasteiger partial charge is 0.186 e. The molecule has 0 aromatic heterocycles. The topological polar surface area (TPSA) is 37.3 Å². The van der Waals surface area contributed by atoms with Crippen LogP contribution in [0.15, 0.2) is 24.3 Å². The van der Waals surface area contributed by atoms with E-state index in [4.69, 9.17) is 0 Å². The first-order valence-electron chi connectivity index (χ1n) is 4.53. The van der Waals surface area contributed by atoms with Crippen LogP contribution in [-0.2, 0) is 11.2 Å². The van der Waals surface area contributed by atoms with E-state index >= 15 is 0 Å². The third-order valence-corrected chi connectivity index (χ3v) is 2.77. The Morgan fingerprint density at radius 3 is 2.71 bits per heavy atom. The van der Waals surface area contributed by atoms with Crippen molar-refractivity contribution in [2.75, 3.05) is 0 Å². The summed E-state index contributed by atoms with van der Waals surface area (Å²) in [6.45, 7) is 3.55. The van der Waals surface area contributed by atoms with Crippen molar-refractivity contribution in [3.8, 4) is 5.75 Å². The molecular formula is C11H14O2S. The van der Waals surface area contributed by atoms with Crippen LogP contribution in [0.3, 0.4) is 0 Å². The highest BCUT2D eigenvalue weighted by molar-refractivity contribution is 8.14. The number of hydrogen-bond acceptors (Lipinski definition) is 3. The van der Waals surface area contributed by atoms with E-state index < -0.39 is 0 Å². The number of benzene rings is 1. The molecule has 2 nitrogen and oxygen atoms in total. The average Bonchev–Trinajstić information content (AvgIpc) is 2.07. The van der Waals surface area contributed by atoms with Crippen molar-refractivity contribution >= 4 is 16.9 Å². The van der Waals surface area contributed by atoms with Crippen molar-refractivity contribution in [3.63, 3.8) is 0 Å². The van der Waals surface area contributed by atoms with E-state index in [-0.39, 0.29) is 10.4 Å². The van der Waals surface area contributed by atoms with Gasteiger partial charge in [0.05, 0.1) is 0 Å². The van der Waals surface area contributed by atoms with Gasteiger partial charge in [-0.05, 0) is 18.1 Å². The lowest BCUT2D eigenvalue weighted by molar-refractivity contribution is -0.109. The van der Waals surface area contributed by atoms with Gasteiger partial charge in [0.15, 0.2) is 5.12 Å². The average molecular weight is 210 g/mol. The van der Waals surface area contributed by atoms with E-state index in [1.807, 2.05) is 19.1 Å². The number of thioether (sulfide) groups is 1. The fraction of sp³-hybridized carbons (Fsp3) is 0.364. The van der Waals surface area contributed by atoms with Crippen LogP contribution in [-0.4, -0.2) is 15.5 Å².